The summed E-state index contributed by atoms with van der Waals surface area (Å²) in [6.07, 6.45) is -1.36. The number of aliphatic hydroxyl groups is 1. The average molecular weight is 444 g/mol. The molecule has 1 aliphatic rings. The summed E-state index contributed by atoms with van der Waals surface area (Å²) in [5.74, 6) is 0.123. The van der Waals surface area contributed by atoms with E-state index in [1.165, 1.54) is 12.1 Å². The van der Waals surface area contributed by atoms with Crippen molar-refractivity contribution in [2.45, 2.75) is 63.3 Å². The van der Waals surface area contributed by atoms with E-state index in [4.69, 9.17) is 5.26 Å². The molecule has 32 heavy (non-hydrogen) atoms. The van der Waals surface area contributed by atoms with Gasteiger partial charge in [-0.15, -0.1) is 0 Å². The predicted octanol–water partition coefficient (Wildman–Crippen LogP) is 5.52. The average Bonchev–Trinajstić information content (AvgIpc) is 2.79. The summed E-state index contributed by atoms with van der Waals surface area (Å²) in [6, 6.07) is 14.9. The van der Waals surface area contributed by atoms with Gasteiger partial charge in [0, 0.05) is 18.2 Å². The molecule has 1 aliphatic carbocycles. The van der Waals surface area contributed by atoms with E-state index in [1.807, 2.05) is 25.1 Å². The second-order valence-corrected chi connectivity index (χ2v) is 8.48. The van der Waals surface area contributed by atoms with Gasteiger partial charge in [0.1, 0.15) is 0 Å². The number of halogens is 3. The molecule has 4 nitrogen and oxygen atoms in total. The molecule has 1 N–H and O–H groups in total. The van der Waals surface area contributed by atoms with Crippen molar-refractivity contribution < 1.29 is 23.1 Å². The predicted molar refractivity (Wildman–Crippen MR) is 115 cm³/mol. The third-order valence-electron chi connectivity index (χ3n) is 6.47. The fourth-order valence-electron chi connectivity index (χ4n) is 4.42. The molecule has 0 heterocycles. The standard InChI is InChI=1S/C25H27F3N2O2/c1-3-30(22-13-9-18(10-14-22)20-6-4-5-17(15-20)16-29)23(31)19-7-11-21(12-8-19)24(2,32)25(26,27)28/h4-8,11-12,15,18,22,32H,3,9-10,13-14H2,1-2H3/t18?,22?,24-/m0/s1. The van der Waals surface area contributed by atoms with E-state index in [1.54, 1.807) is 11.0 Å². The van der Waals surface area contributed by atoms with Crippen LogP contribution in [0.3, 0.4) is 0 Å². The Bertz CT molecular complexity index is 985. The van der Waals surface area contributed by atoms with Crippen molar-refractivity contribution in [3.05, 3.63) is 70.8 Å². The first kappa shape index (κ1) is 23.8. The third-order valence-corrected chi connectivity index (χ3v) is 6.47. The van der Waals surface area contributed by atoms with Gasteiger partial charge in [-0.3, -0.25) is 4.79 Å². The van der Waals surface area contributed by atoms with Gasteiger partial charge >= 0.3 is 6.18 Å². The van der Waals surface area contributed by atoms with Gasteiger partial charge in [-0.25, -0.2) is 0 Å². The molecule has 3 rings (SSSR count). The van der Waals surface area contributed by atoms with Crippen molar-refractivity contribution >= 4 is 5.91 Å². The summed E-state index contributed by atoms with van der Waals surface area (Å²) in [4.78, 5) is 14.8. The van der Waals surface area contributed by atoms with Crippen LogP contribution in [0.25, 0.3) is 0 Å². The SMILES string of the molecule is CCN(C(=O)c1ccc([C@](C)(O)C(F)(F)F)cc1)C1CCC(c2cccc(C#N)c2)CC1. The molecular formula is C25H27F3N2O2. The Labute approximate surface area is 186 Å². The number of alkyl halides is 3. The molecule has 0 aliphatic heterocycles. The van der Waals surface area contributed by atoms with Gasteiger partial charge in [-0.2, -0.15) is 18.4 Å². The first-order chi connectivity index (χ1) is 15.1. The Morgan fingerprint density at radius 3 is 2.28 bits per heavy atom. The zero-order valence-electron chi connectivity index (χ0n) is 18.2. The molecule has 1 amide bonds. The highest BCUT2D eigenvalue weighted by Crippen LogP contribution is 2.39. The minimum Gasteiger partial charge on any atom is -0.376 e. The van der Waals surface area contributed by atoms with Crippen LogP contribution < -0.4 is 0 Å². The molecule has 2 aromatic carbocycles. The maximum atomic E-state index is 13.1. The Kier molecular flexibility index (Phi) is 6.94. The molecule has 0 unspecified atom stereocenters. The molecule has 170 valence electrons. The van der Waals surface area contributed by atoms with Crippen LogP contribution in [-0.4, -0.2) is 34.7 Å². The number of nitrogens with zero attached hydrogens (tertiary/aromatic N) is 2. The van der Waals surface area contributed by atoms with Gasteiger partial charge in [0.25, 0.3) is 5.91 Å². The largest absolute Gasteiger partial charge is 0.421 e. The highest BCUT2D eigenvalue weighted by Gasteiger charge is 2.51. The van der Waals surface area contributed by atoms with Gasteiger partial charge in [0.2, 0.25) is 0 Å². The minimum atomic E-state index is -4.81. The summed E-state index contributed by atoms with van der Waals surface area (Å²) < 4.78 is 39.2. The topological polar surface area (TPSA) is 64.3 Å². The Hall–Kier alpha value is -2.85. The fourth-order valence-corrected chi connectivity index (χ4v) is 4.42. The van der Waals surface area contributed by atoms with E-state index in [-0.39, 0.29) is 17.5 Å². The van der Waals surface area contributed by atoms with Crippen molar-refractivity contribution in [3.63, 3.8) is 0 Å². The summed E-state index contributed by atoms with van der Waals surface area (Å²) >= 11 is 0. The molecule has 1 saturated carbocycles. The maximum absolute atomic E-state index is 13.1. The van der Waals surface area contributed by atoms with E-state index in [0.717, 1.165) is 43.4 Å². The molecule has 0 radical (unpaired) electrons. The Balaban J connectivity index is 1.68. The Morgan fingerprint density at radius 1 is 1.12 bits per heavy atom. The third kappa shape index (κ3) is 4.81. The van der Waals surface area contributed by atoms with Crippen molar-refractivity contribution in [1.82, 2.24) is 4.90 Å². The lowest BCUT2D eigenvalue weighted by Crippen LogP contribution is -2.42. The normalized spacial score (nSPS) is 20.8. The van der Waals surface area contributed by atoms with Crippen LogP contribution in [0, 0.1) is 11.3 Å². The van der Waals surface area contributed by atoms with E-state index < -0.39 is 11.8 Å². The number of rotatable bonds is 5. The van der Waals surface area contributed by atoms with Crippen molar-refractivity contribution in [2.75, 3.05) is 6.54 Å². The van der Waals surface area contributed by atoms with Crippen LogP contribution in [0.4, 0.5) is 13.2 Å². The Morgan fingerprint density at radius 2 is 1.75 bits per heavy atom. The van der Waals surface area contributed by atoms with Gasteiger partial charge < -0.3 is 10.0 Å². The van der Waals surface area contributed by atoms with E-state index in [0.29, 0.717) is 30.5 Å². The highest BCUT2D eigenvalue weighted by molar-refractivity contribution is 5.94. The van der Waals surface area contributed by atoms with Gasteiger partial charge in [-0.05, 0) is 80.8 Å². The molecule has 1 fully saturated rings. The van der Waals surface area contributed by atoms with Crippen molar-refractivity contribution in [3.8, 4) is 6.07 Å². The zero-order chi connectivity index (χ0) is 23.5. The highest BCUT2D eigenvalue weighted by atomic mass is 19.4. The number of carbonyl (C=O) groups is 1. The van der Waals surface area contributed by atoms with Crippen LogP contribution in [-0.2, 0) is 5.60 Å². The summed E-state index contributed by atoms with van der Waals surface area (Å²) in [6.45, 7) is 3.09. The number of nitriles is 1. The first-order valence-electron chi connectivity index (χ1n) is 10.8. The van der Waals surface area contributed by atoms with Gasteiger partial charge in [0.05, 0.1) is 11.6 Å². The van der Waals surface area contributed by atoms with Crippen LogP contribution in [0.5, 0.6) is 0 Å². The number of hydrogen-bond donors (Lipinski definition) is 1. The maximum Gasteiger partial charge on any atom is 0.421 e. The van der Waals surface area contributed by atoms with E-state index in [9.17, 15) is 23.1 Å². The minimum absolute atomic E-state index is 0.0564. The molecule has 2 aromatic rings. The smallest absolute Gasteiger partial charge is 0.376 e. The second kappa shape index (κ2) is 9.33. The quantitative estimate of drug-likeness (QED) is 0.661. The molecule has 1 atom stereocenters. The van der Waals surface area contributed by atoms with Gasteiger partial charge in [-0.1, -0.05) is 24.3 Å². The number of benzene rings is 2. The van der Waals surface area contributed by atoms with Crippen LogP contribution in [0.2, 0.25) is 0 Å². The zero-order valence-corrected chi connectivity index (χ0v) is 18.2. The summed E-state index contributed by atoms with van der Waals surface area (Å²) in [5, 5.41) is 18.9. The van der Waals surface area contributed by atoms with Crippen molar-refractivity contribution in [2.24, 2.45) is 0 Å². The molecule has 0 saturated heterocycles. The molecule has 7 heteroatoms. The number of carbonyl (C=O) groups excluding carboxylic acids is 1. The lowest BCUT2D eigenvalue weighted by Gasteiger charge is -2.37. The molecule has 0 bridgehead atoms. The lowest BCUT2D eigenvalue weighted by atomic mass is 9.80. The molecular weight excluding hydrogens is 417 g/mol. The first-order valence-corrected chi connectivity index (χ1v) is 10.8. The van der Waals surface area contributed by atoms with E-state index >= 15 is 0 Å². The van der Waals surface area contributed by atoms with Crippen LogP contribution in [0.1, 0.15) is 72.5 Å². The monoisotopic (exact) mass is 444 g/mol. The summed E-state index contributed by atoms with van der Waals surface area (Å²) in [7, 11) is 0. The number of hydrogen-bond acceptors (Lipinski definition) is 3. The lowest BCUT2D eigenvalue weighted by molar-refractivity contribution is -0.258. The van der Waals surface area contributed by atoms with Crippen LogP contribution >= 0.6 is 0 Å². The fraction of sp³-hybridized carbons (Fsp3) is 0.440. The van der Waals surface area contributed by atoms with E-state index in [2.05, 4.69) is 6.07 Å². The molecule has 0 aromatic heterocycles. The van der Waals surface area contributed by atoms with Crippen LogP contribution in [0.15, 0.2) is 48.5 Å². The van der Waals surface area contributed by atoms with Crippen molar-refractivity contribution in [1.29, 1.82) is 5.26 Å². The molecule has 0 spiro atoms. The summed E-state index contributed by atoms with van der Waals surface area (Å²) in [5.41, 5.74) is -1.19. The van der Waals surface area contributed by atoms with Gasteiger partial charge in [0.15, 0.2) is 5.60 Å². The number of amides is 1. The second-order valence-electron chi connectivity index (χ2n) is 8.48.